The predicted molar refractivity (Wildman–Crippen MR) is 156 cm³/mol. The van der Waals surface area contributed by atoms with Gasteiger partial charge in [-0.2, -0.15) is 0 Å². The molecule has 0 aliphatic carbocycles. The first kappa shape index (κ1) is 29.9. The van der Waals surface area contributed by atoms with Gasteiger partial charge in [0.15, 0.2) is 28.7 Å². The number of ether oxygens (including phenoxy) is 2. The van der Waals surface area contributed by atoms with Crippen LogP contribution in [0.3, 0.4) is 0 Å². The number of benzene rings is 2. The van der Waals surface area contributed by atoms with Gasteiger partial charge in [-0.15, -0.1) is 28.1 Å². The Morgan fingerprint density at radius 2 is 1.95 bits per heavy atom. The van der Waals surface area contributed by atoms with Crippen LogP contribution in [0.4, 0.5) is 13.8 Å². The van der Waals surface area contributed by atoms with E-state index in [9.17, 15) is 18.4 Å². The Morgan fingerprint density at radius 3 is 2.66 bits per heavy atom. The quantitative estimate of drug-likeness (QED) is 0.116. The van der Waals surface area contributed by atoms with Crippen molar-refractivity contribution in [3.8, 4) is 16.9 Å². The number of allylic oxidation sites excluding steroid dienone is 1. The highest BCUT2D eigenvalue weighted by molar-refractivity contribution is 7.99. The number of halogens is 2. The van der Waals surface area contributed by atoms with Gasteiger partial charge < -0.3 is 14.8 Å². The van der Waals surface area contributed by atoms with Gasteiger partial charge in [0.1, 0.15) is 16.4 Å². The number of aryl methyl sites for hydroxylation is 2. The van der Waals surface area contributed by atoms with E-state index in [1.54, 1.807) is 17.6 Å². The molecule has 0 radical (unpaired) electrons. The molecule has 2 aromatic carbocycles. The first-order valence-electron chi connectivity index (χ1n) is 12.5. The summed E-state index contributed by atoms with van der Waals surface area (Å²) in [6, 6.07) is 9.00. The molecule has 4 rings (SSSR count). The second-order valence-electron chi connectivity index (χ2n) is 9.08. The van der Waals surface area contributed by atoms with Crippen LogP contribution < -0.4 is 10.1 Å². The number of amides is 1. The van der Waals surface area contributed by atoms with Crippen LogP contribution in [0.15, 0.2) is 59.6 Å². The molecule has 0 bridgehead atoms. The van der Waals surface area contributed by atoms with Gasteiger partial charge >= 0.3 is 5.97 Å². The average Bonchev–Trinajstić information content (AvgIpc) is 3.54. The van der Waals surface area contributed by atoms with Crippen molar-refractivity contribution in [3.63, 3.8) is 0 Å². The number of aromatic nitrogens is 3. The fraction of sp³-hybridized carbons (Fsp3) is 0.241. The SMILES string of the molecule is C=CCn1c(SCC(=O)Nc2scc(-c3cc(C)ccc3C)c2C(=O)OC)nnc1C(C)Oc1ccc(F)cc1F. The molecule has 0 saturated carbocycles. The lowest BCUT2D eigenvalue weighted by molar-refractivity contribution is -0.113. The number of hydrogen-bond donors (Lipinski definition) is 1. The Hall–Kier alpha value is -4.03. The number of thioether (sulfide) groups is 1. The van der Waals surface area contributed by atoms with Crippen LogP contribution in [0.5, 0.6) is 5.75 Å². The molecule has 0 aliphatic heterocycles. The molecule has 0 fully saturated rings. The third-order valence-corrected chi connectivity index (χ3v) is 7.93. The maximum absolute atomic E-state index is 14.1. The van der Waals surface area contributed by atoms with Gasteiger partial charge in [-0.05, 0) is 44.0 Å². The van der Waals surface area contributed by atoms with Crippen molar-refractivity contribution in [2.75, 3.05) is 18.2 Å². The number of thiophene rings is 1. The average molecular weight is 599 g/mol. The highest BCUT2D eigenvalue weighted by atomic mass is 32.2. The van der Waals surface area contributed by atoms with Crippen molar-refractivity contribution in [1.82, 2.24) is 14.8 Å². The second-order valence-corrected chi connectivity index (χ2v) is 10.9. The van der Waals surface area contributed by atoms with Crippen molar-refractivity contribution in [3.05, 3.63) is 88.6 Å². The summed E-state index contributed by atoms with van der Waals surface area (Å²) in [5, 5.41) is 13.8. The van der Waals surface area contributed by atoms with Gasteiger partial charge in [0.05, 0.1) is 12.9 Å². The number of anilines is 1. The fourth-order valence-corrected chi connectivity index (χ4v) is 5.81. The second kappa shape index (κ2) is 13.1. The lowest BCUT2D eigenvalue weighted by Crippen LogP contribution is -2.17. The van der Waals surface area contributed by atoms with E-state index in [1.807, 2.05) is 37.4 Å². The first-order valence-corrected chi connectivity index (χ1v) is 14.3. The van der Waals surface area contributed by atoms with E-state index in [-0.39, 0.29) is 17.4 Å². The molecule has 41 heavy (non-hydrogen) atoms. The zero-order valence-electron chi connectivity index (χ0n) is 22.9. The Kier molecular flexibility index (Phi) is 9.56. The van der Waals surface area contributed by atoms with Gasteiger partial charge in [0, 0.05) is 23.6 Å². The van der Waals surface area contributed by atoms with E-state index < -0.39 is 23.7 Å². The number of esters is 1. The number of nitrogens with zero attached hydrogens (tertiary/aromatic N) is 3. The van der Waals surface area contributed by atoms with Crippen molar-refractivity contribution < 1.29 is 27.8 Å². The van der Waals surface area contributed by atoms with Gasteiger partial charge in [-0.25, -0.2) is 13.6 Å². The molecule has 8 nitrogen and oxygen atoms in total. The van der Waals surface area contributed by atoms with Gasteiger partial charge in [0.2, 0.25) is 5.91 Å². The topological polar surface area (TPSA) is 95.3 Å². The van der Waals surface area contributed by atoms with Crippen LogP contribution in [0, 0.1) is 25.5 Å². The number of rotatable bonds is 11. The monoisotopic (exact) mass is 598 g/mol. The summed E-state index contributed by atoms with van der Waals surface area (Å²) in [7, 11) is 1.30. The maximum atomic E-state index is 14.1. The number of carbonyl (C=O) groups excluding carboxylic acids is 2. The first-order chi connectivity index (χ1) is 19.6. The molecule has 2 heterocycles. The zero-order valence-corrected chi connectivity index (χ0v) is 24.5. The van der Waals surface area contributed by atoms with Crippen molar-refractivity contribution in [2.45, 2.75) is 38.6 Å². The molecule has 0 aliphatic rings. The molecule has 1 amide bonds. The number of hydrogen-bond acceptors (Lipinski definition) is 8. The standard InChI is InChI=1S/C29H28F2N4O4S2/c1-6-11-35-26(18(4)39-23-10-9-19(30)13-22(23)31)33-34-29(35)41-15-24(36)32-27-25(28(37)38-5)21(14-40-27)20-12-16(2)7-8-17(20)3/h6-10,12-14,18H,1,11,15H2,2-5H3,(H,32,36). The largest absolute Gasteiger partial charge is 0.480 e. The van der Waals surface area contributed by atoms with Crippen LogP contribution in [0.2, 0.25) is 0 Å². The highest BCUT2D eigenvalue weighted by Crippen LogP contribution is 2.38. The molecule has 1 N–H and O–H groups in total. The lowest BCUT2D eigenvalue weighted by atomic mass is 9.97. The number of methoxy groups -OCH3 is 1. The molecular formula is C29H28F2N4O4S2. The maximum Gasteiger partial charge on any atom is 0.341 e. The smallest absolute Gasteiger partial charge is 0.341 e. The summed E-state index contributed by atoms with van der Waals surface area (Å²) in [6.07, 6.45) is 0.897. The minimum absolute atomic E-state index is 0.0333. The van der Waals surface area contributed by atoms with Crippen LogP contribution in [0.1, 0.15) is 40.3 Å². The third kappa shape index (κ3) is 6.83. The molecule has 0 saturated heterocycles. The fourth-order valence-electron chi connectivity index (χ4n) is 4.09. The van der Waals surface area contributed by atoms with Gasteiger partial charge in [-0.3, -0.25) is 9.36 Å². The van der Waals surface area contributed by atoms with Crippen molar-refractivity contribution in [1.29, 1.82) is 0 Å². The summed E-state index contributed by atoms with van der Waals surface area (Å²) in [6.45, 7) is 9.65. The Morgan fingerprint density at radius 1 is 1.17 bits per heavy atom. The van der Waals surface area contributed by atoms with Gasteiger partial charge in [0.25, 0.3) is 0 Å². The minimum atomic E-state index is -0.835. The third-order valence-electron chi connectivity index (χ3n) is 6.07. The minimum Gasteiger partial charge on any atom is -0.480 e. The molecule has 0 spiro atoms. The van der Waals surface area contributed by atoms with Crippen LogP contribution in [-0.2, 0) is 16.1 Å². The number of carbonyl (C=O) groups is 2. The van der Waals surface area contributed by atoms with Crippen molar-refractivity contribution >= 4 is 40.0 Å². The summed E-state index contributed by atoms with van der Waals surface area (Å²) >= 11 is 2.37. The van der Waals surface area contributed by atoms with E-state index in [0.29, 0.717) is 33.7 Å². The van der Waals surface area contributed by atoms with E-state index in [4.69, 9.17) is 9.47 Å². The van der Waals surface area contributed by atoms with Crippen LogP contribution >= 0.6 is 23.1 Å². The Bertz CT molecular complexity index is 1600. The summed E-state index contributed by atoms with van der Waals surface area (Å²) in [5.41, 5.74) is 3.90. The molecule has 4 aromatic rings. The molecule has 1 unspecified atom stereocenters. The summed E-state index contributed by atoms with van der Waals surface area (Å²) in [5.74, 6) is -2.24. The molecular weight excluding hydrogens is 570 g/mol. The molecule has 2 aromatic heterocycles. The number of nitrogens with one attached hydrogen (secondary N) is 1. The molecule has 214 valence electrons. The zero-order chi connectivity index (χ0) is 29.7. The van der Waals surface area contributed by atoms with E-state index in [0.717, 1.165) is 40.6 Å². The summed E-state index contributed by atoms with van der Waals surface area (Å²) < 4.78 is 39.8. The normalized spacial score (nSPS) is 11.7. The van der Waals surface area contributed by atoms with E-state index in [2.05, 4.69) is 22.1 Å². The molecule has 1 atom stereocenters. The summed E-state index contributed by atoms with van der Waals surface area (Å²) in [4.78, 5) is 25.7. The van der Waals surface area contributed by atoms with Gasteiger partial charge in [-0.1, -0.05) is 41.6 Å². The van der Waals surface area contributed by atoms with E-state index >= 15 is 0 Å². The molecule has 12 heteroatoms. The highest BCUT2D eigenvalue weighted by Gasteiger charge is 2.25. The van der Waals surface area contributed by atoms with Crippen LogP contribution in [0.25, 0.3) is 11.1 Å². The predicted octanol–water partition coefficient (Wildman–Crippen LogP) is 6.75. The van der Waals surface area contributed by atoms with E-state index in [1.165, 1.54) is 24.5 Å². The van der Waals surface area contributed by atoms with Crippen LogP contribution in [-0.4, -0.2) is 39.5 Å². The van der Waals surface area contributed by atoms with Crippen molar-refractivity contribution in [2.24, 2.45) is 0 Å². The Balaban J connectivity index is 1.50. The lowest BCUT2D eigenvalue weighted by Gasteiger charge is -2.16. The Labute approximate surface area is 244 Å².